The zero-order chi connectivity index (χ0) is 7.68. The van der Waals surface area contributed by atoms with E-state index < -0.39 is 0 Å². The Morgan fingerprint density at radius 2 is 1.91 bits per heavy atom. The van der Waals surface area contributed by atoms with E-state index in [0.717, 1.165) is 5.92 Å². The van der Waals surface area contributed by atoms with Crippen molar-refractivity contribution in [2.45, 2.75) is 19.3 Å². The van der Waals surface area contributed by atoms with Crippen LogP contribution in [-0.2, 0) is 0 Å². The fourth-order valence-electron chi connectivity index (χ4n) is 2.05. The maximum atomic E-state index is 8.83. The topological polar surface area (TPSA) is 23.5 Å². The molecule has 0 bridgehead atoms. The molecule has 2 heteroatoms. The molecular formula is C9H17NO. The summed E-state index contributed by atoms with van der Waals surface area (Å²) in [5.74, 6) is 1.48. The van der Waals surface area contributed by atoms with Gasteiger partial charge in [-0.2, -0.15) is 0 Å². The van der Waals surface area contributed by atoms with Gasteiger partial charge in [-0.25, -0.2) is 0 Å². The van der Waals surface area contributed by atoms with Crippen LogP contribution in [0.1, 0.15) is 19.3 Å². The van der Waals surface area contributed by atoms with Crippen LogP contribution in [-0.4, -0.2) is 36.2 Å². The van der Waals surface area contributed by atoms with Crippen LogP contribution < -0.4 is 0 Å². The summed E-state index contributed by atoms with van der Waals surface area (Å²) in [6.45, 7) is 4.27. The van der Waals surface area contributed by atoms with E-state index in [1.165, 1.54) is 38.9 Å². The van der Waals surface area contributed by atoms with Crippen LogP contribution in [0.5, 0.6) is 0 Å². The van der Waals surface area contributed by atoms with Gasteiger partial charge in [0, 0.05) is 13.2 Å². The SMILES string of the molecule is OCC1CC1CN1CCCC1. The van der Waals surface area contributed by atoms with Crippen molar-refractivity contribution in [3.05, 3.63) is 0 Å². The largest absolute Gasteiger partial charge is 0.396 e. The molecule has 2 nitrogen and oxygen atoms in total. The van der Waals surface area contributed by atoms with Gasteiger partial charge in [-0.05, 0) is 44.2 Å². The van der Waals surface area contributed by atoms with Gasteiger partial charge in [0.15, 0.2) is 0 Å². The quantitative estimate of drug-likeness (QED) is 0.649. The average molecular weight is 155 g/mol. The van der Waals surface area contributed by atoms with Gasteiger partial charge in [0.2, 0.25) is 0 Å². The first-order valence-electron chi connectivity index (χ1n) is 4.73. The molecule has 1 N–H and O–H groups in total. The first kappa shape index (κ1) is 7.56. The Hall–Kier alpha value is -0.0800. The second-order valence-electron chi connectivity index (χ2n) is 3.95. The molecule has 1 saturated heterocycles. The highest BCUT2D eigenvalue weighted by Gasteiger charge is 2.37. The lowest BCUT2D eigenvalue weighted by molar-refractivity contribution is 0.252. The fourth-order valence-corrected chi connectivity index (χ4v) is 2.05. The maximum absolute atomic E-state index is 8.83. The number of rotatable bonds is 3. The lowest BCUT2D eigenvalue weighted by Gasteiger charge is -2.13. The molecule has 1 aliphatic carbocycles. The fraction of sp³-hybridized carbons (Fsp3) is 1.00. The van der Waals surface area contributed by atoms with Crippen LogP contribution in [0.4, 0.5) is 0 Å². The Morgan fingerprint density at radius 3 is 2.45 bits per heavy atom. The van der Waals surface area contributed by atoms with Crippen LogP contribution in [0.25, 0.3) is 0 Å². The first-order chi connectivity index (χ1) is 5.40. The van der Waals surface area contributed by atoms with Gasteiger partial charge >= 0.3 is 0 Å². The Balaban J connectivity index is 1.66. The molecule has 0 spiro atoms. The van der Waals surface area contributed by atoms with Crippen LogP contribution in [0.2, 0.25) is 0 Å². The molecule has 0 amide bonds. The summed E-state index contributed by atoms with van der Waals surface area (Å²) in [5, 5.41) is 8.83. The number of aliphatic hydroxyl groups is 1. The molecule has 2 aliphatic rings. The van der Waals surface area contributed by atoms with Crippen molar-refractivity contribution in [3.63, 3.8) is 0 Å². The van der Waals surface area contributed by atoms with Crippen molar-refractivity contribution in [1.82, 2.24) is 4.90 Å². The van der Waals surface area contributed by atoms with Gasteiger partial charge in [-0.15, -0.1) is 0 Å². The maximum Gasteiger partial charge on any atom is 0.0462 e. The van der Waals surface area contributed by atoms with Crippen molar-refractivity contribution in [2.75, 3.05) is 26.2 Å². The van der Waals surface area contributed by atoms with E-state index >= 15 is 0 Å². The summed E-state index contributed by atoms with van der Waals surface area (Å²) >= 11 is 0. The second-order valence-corrected chi connectivity index (χ2v) is 3.95. The first-order valence-corrected chi connectivity index (χ1v) is 4.73. The zero-order valence-corrected chi connectivity index (χ0v) is 7.00. The molecular weight excluding hydrogens is 138 g/mol. The molecule has 2 atom stereocenters. The van der Waals surface area contributed by atoms with Crippen LogP contribution in [0, 0.1) is 11.8 Å². The highest BCUT2D eigenvalue weighted by Crippen LogP contribution is 2.38. The number of likely N-dealkylation sites (tertiary alicyclic amines) is 1. The van der Waals surface area contributed by atoms with E-state index in [4.69, 9.17) is 5.11 Å². The molecule has 0 aromatic carbocycles. The predicted molar refractivity (Wildman–Crippen MR) is 44.4 cm³/mol. The Kier molecular flexibility index (Phi) is 2.14. The Bertz CT molecular complexity index is 132. The zero-order valence-electron chi connectivity index (χ0n) is 7.00. The van der Waals surface area contributed by atoms with Gasteiger partial charge < -0.3 is 10.0 Å². The molecule has 0 aromatic heterocycles. The van der Waals surface area contributed by atoms with Gasteiger partial charge in [0.25, 0.3) is 0 Å². The van der Waals surface area contributed by atoms with E-state index in [9.17, 15) is 0 Å². The highest BCUT2D eigenvalue weighted by molar-refractivity contribution is 4.88. The average Bonchev–Trinajstić information content (AvgIpc) is 2.54. The number of nitrogens with zero attached hydrogens (tertiary/aromatic N) is 1. The molecule has 0 radical (unpaired) electrons. The molecule has 11 heavy (non-hydrogen) atoms. The van der Waals surface area contributed by atoms with Crippen molar-refractivity contribution < 1.29 is 5.11 Å². The molecule has 2 fully saturated rings. The number of hydrogen-bond acceptors (Lipinski definition) is 2. The third-order valence-electron chi connectivity index (χ3n) is 2.99. The molecule has 1 aliphatic heterocycles. The van der Waals surface area contributed by atoms with Gasteiger partial charge in [0.05, 0.1) is 0 Å². The summed E-state index contributed by atoms with van der Waals surface area (Å²) in [7, 11) is 0. The van der Waals surface area contributed by atoms with Crippen molar-refractivity contribution in [1.29, 1.82) is 0 Å². The second kappa shape index (κ2) is 3.11. The van der Waals surface area contributed by atoms with Gasteiger partial charge in [0.1, 0.15) is 0 Å². The Labute approximate surface area is 68.2 Å². The summed E-state index contributed by atoms with van der Waals surface area (Å²) in [6.07, 6.45) is 4.04. The molecule has 2 unspecified atom stereocenters. The van der Waals surface area contributed by atoms with Crippen molar-refractivity contribution >= 4 is 0 Å². The van der Waals surface area contributed by atoms with Gasteiger partial charge in [-0.1, -0.05) is 0 Å². The molecule has 64 valence electrons. The normalized spacial score (nSPS) is 37.9. The van der Waals surface area contributed by atoms with E-state index in [1.807, 2.05) is 0 Å². The third kappa shape index (κ3) is 1.74. The lowest BCUT2D eigenvalue weighted by atomic mass is 10.3. The number of hydrogen-bond donors (Lipinski definition) is 1. The van der Waals surface area contributed by atoms with Crippen molar-refractivity contribution in [2.24, 2.45) is 11.8 Å². The summed E-state index contributed by atoms with van der Waals surface area (Å²) in [5.41, 5.74) is 0. The highest BCUT2D eigenvalue weighted by atomic mass is 16.3. The summed E-state index contributed by atoms with van der Waals surface area (Å²) < 4.78 is 0. The molecule has 1 saturated carbocycles. The van der Waals surface area contributed by atoms with Crippen LogP contribution in [0.3, 0.4) is 0 Å². The Morgan fingerprint density at radius 1 is 1.18 bits per heavy atom. The standard InChI is InChI=1S/C9H17NO/c11-7-9-5-8(9)6-10-3-1-2-4-10/h8-9,11H,1-7H2. The van der Waals surface area contributed by atoms with E-state index in [2.05, 4.69) is 4.90 Å². The van der Waals surface area contributed by atoms with E-state index in [1.54, 1.807) is 0 Å². The molecule has 1 heterocycles. The van der Waals surface area contributed by atoms with E-state index in [0.29, 0.717) is 12.5 Å². The third-order valence-corrected chi connectivity index (χ3v) is 2.99. The molecule has 0 aromatic rings. The minimum absolute atomic E-state index is 0.415. The monoisotopic (exact) mass is 155 g/mol. The summed E-state index contributed by atoms with van der Waals surface area (Å²) in [6, 6.07) is 0. The lowest BCUT2D eigenvalue weighted by Crippen LogP contribution is -2.22. The molecule has 2 rings (SSSR count). The van der Waals surface area contributed by atoms with Crippen LogP contribution >= 0.6 is 0 Å². The van der Waals surface area contributed by atoms with E-state index in [-0.39, 0.29) is 0 Å². The minimum atomic E-state index is 0.415. The summed E-state index contributed by atoms with van der Waals surface area (Å²) in [4.78, 5) is 2.54. The minimum Gasteiger partial charge on any atom is -0.396 e. The number of aliphatic hydroxyl groups excluding tert-OH is 1. The predicted octanol–water partition coefficient (Wildman–Crippen LogP) is 0.711. The van der Waals surface area contributed by atoms with Crippen molar-refractivity contribution in [3.8, 4) is 0 Å². The smallest absolute Gasteiger partial charge is 0.0462 e. The van der Waals surface area contributed by atoms with Crippen LogP contribution in [0.15, 0.2) is 0 Å². The van der Waals surface area contributed by atoms with Gasteiger partial charge in [-0.3, -0.25) is 0 Å².